The van der Waals surface area contributed by atoms with Crippen LogP contribution in [0, 0.1) is 0 Å². The van der Waals surface area contributed by atoms with Crippen LogP contribution in [0.4, 0.5) is 4.39 Å². The maximum absolute atomic E-state index is 12.5. The summed E-state index contributed by atoms with van der Waals surface area (Å²) in [6.07, 6.45) is 2.90. The van der Waals surface area contributed by atoms with Crippen LogP contribution in [-0.2, 0) is 17.2 Å². The Morgan fingerprint density at radius 3 is 2.56 bits per heavy atom. The highest BCUT2D eigenvalue weighted by atomic mass is 32.2. The Balaban J connectivity index is 2.95. The molecule has 0 bridgehead atoms. The molecule has 18 heavy (non-hydrogen) atoms. The molecule has 2 nitrogen and oxygen atoms in total. The molecule has 1 rings (SSSR count). The number of hydrogen-bond acceptors (Lipinski definition) is 2. The number of aryl methyl sites for hydroxylation is 1. The zero-order valence-corrected chi connectivity index (χ0v) is 11.9. The molecule has 0 aliphatic rings. The Labute approximate surface area is 111 Å². The second-order valence-corrected chi connectivity index (χ2v) is 6.15. The molecule has 0 aromatic heterocycles. The van der Waals surface area contributed by atoms with Gasteiger partial charge in [0.1, 0.15) is 0 Å². The molecule has 1 atom stereocenters. The third-order valence-electron chi connectivity index (χ3n) is 2.94. The van der Waals surface area contributed by atoms with Crippen LogP contribution < -0.4 is 5.73 Å². The van der Waals surface area contributed by atoms with Crippen molar-refractivity contribution in [3.63, 3.8) is 0 Å². The lowest BCUT2D eigenvalue weighted by atomic mass is 9.98. The number of halogens is 1. The maximum atomic E-state index is 12.5. The van der Waals surface area contributed by atoms with E-state index in [-0.39, 0.29) is 0 Å². The lowest BCUT2D eigenvalue weighted by molar-refractivity contribution is 0.580. The minimum Gasteiger partial charge on any atom is -0.330 e. The number of alkyl halides is 1. The Bertz CT molecular complexity index is 407. The first-order valence-electron chi connectivity index (χ1n) is 6.36. The molecule has 0 aliphatic carbocycles. The van der Waals surface area contributed by atoms with Crippen LogP contribution >= 0.6 is 0 Å². The van der Waals surface area contributed by atoms with Crippen LogP contribution in [0.25, 0.3) is 0 Å². The summed E-state index contributed by atoms with van der Waals surface area (Å²) in [5, 5.41) is 0. The van der Waals surface area contributed by atoms with Crippen molar-refractivity contribution < 1.29 is 8.60 Å². The normalized spacial score (nSPS) is 12.9. The summed E-state index contributed by atoms with van der Waals surface area (Å²) in [7, 11) is -1.53. The van der Waals surface area contributed by atoms with Gasteiger partial charge in [0.2, 0.25) is 0 Å². The number of nitrogens with two attached hydrogens (primary N) is 1. The standard InChI is InChI=1S/C14H22FNOS/c1-11(2)13-7-12(5-3-4-6-16)8-14(9-13)18(17)10-15/h7-9,11H,3-6,10,16H2,1-2H3. The van der Waals surface area contributed by atoms with Crippen molar-refractivity contribution in [2.75, 3.05) is 12.6 Å². The molecule has 0 saturated heterocycles. The second kappa shape index (κ2) is 7.64. The van der Waals surface area contributed by atoms with Gasteiger partial charge in [0.25, 0.3) is 0 Å². The van der Waals surface area contributed by atoms with Crippen molar-refractivity contribution in [2.24, 2.45) is 5.73 Å². The van der Waals surface area contributed by atoms with Crippen molar-refractivity contribution in [3.05, 3.63) is 29.3 Å². The number of benzene rings is 1. The first-order valence-corrected chi connectivity index (χ1v) is 7.68. The molecular weight excluding hydrogens is 249 g/mol. The summed E-state index contributed by atoms with van der Waals surface area (Å²) in [4.78, 5) is 0.603. The summed E-state index contributed by atoms with van der Waals surface area (Å²) in [6, 6.07) is 5.02. The topological polar surface area (TPSA) is 43.1 Å². The van der Waals surface area contributed by atoms with E-state index in [9.17, 15) is 8.60 Å². The first-order chi connectivity index (χ1) is 8.58. The zero-order chi connectivity index (χ0) is 13.5. The fourth-order valence-corrected chi connectivity index (χ4v) is 2.51. The molecule has 0 spiro atoms. The first kappa shape index (κ1) is 15.3. The quantitative estimate of drug-likeness (QED) is 0.774. The Morgan fingerprint density at radius 2 is 2.00 bits per heavy atom. The predicted molar refractivity (Wildman–Crippen MR) is 74.9 cm³/mol. The molecule has 1 aromatic rings. The minimum absolute atomic E-state index is 0.356. The fourth-order valence-electron chi connectivity index (χ4n) is 1.83. The van der Waals surface area contributed by atoms with Gasteiger partial charge in [-0.2, -0.15) is 0 Å². The van der Waals surface area contributed by atoms with Crippen LogP contribution in [0.15, 0.2) is 23.1 Å². The molecule has 0 aliphatic heterocycles. The van der Waals surface area contributed by atoms with Crippen molar-refractivity contribution in [1.82, 2.24) is 0 Å². The maximum Gasteiger partial charge on any atom is 0.169 e. The Hall–Kier alpha value is -0.740. The number of hydrogen-bond donors (Lipinski definition) is 1. The molecule has 4 heteroatoms. The lowest BCUT2D eigenvalue weighted by Crippen LogP contribution is -2.01. The van der Waals surface area contributed by atoms with Crippen LogP contribution in [0.1, 0.15) is 43.7 Å². The van der Waals surface area contributed by atoms with E-state index in [2.05, 4.69) is 19.9 Å². The molecule has 1 aromatic carbocycles. The van der Waals surface area contributed by atoms with Gasteiger partial charge in [-0.25, -0.2) is 4.39 Å². The summed E-state index contributed by atoms with van der Waals surface area (Å²) in [5.74, 6) is 0.356. The van der Waals surface area contributed by atoms with E-state index in [1.807, 2.05) is 12.1 Å². The predicted octanol–water partition coefficient (Wildman–Crippen LogP) is 3.13. The van der Waals surface area contributed by atoms with Crippen molar-refractivity contribution in [1.29, 1.82) is 0 Å². The average molecular weight is 271 g/mol. The smallest absolute Gasteiger partial charge is 0.169 e. The monoisotopic (exact) mass is 271 g/mol. The summed E-state index contributed by atoms with van der Waals surface area (Å²) < 4.78 is 24.1. The molecular formula is C14H22FNOS. The van der Waals surface area contributed by atoms with E-state index >= 15 is 0 Å². The third kappa shape index (κ3) is 4.50. The van der Waals surface area contributed by atoms with Crippen molar-refractivity contribution >= 4 is 10.8 Å². The molecule has 0 saturated carbocycles. The molecule has 0 heterocycles. The minimum atomic E-state index is -1.53. The highest BCUT2D eigenvalue weighted by Crippen LogP contribution is 2.22. The van der Waals surface area contributed by atoms with Crippen LogP contribution in [0.5, 0.6) is 0 Å². The van der Waals surface area contributed by atoms with Crippen molar-refractivity contribution in [3.8, 4) is 0 Å². The Morgan fingerprint density at radius 1 is 1.28 bits per heavy atom. The summed E-state index contributed by atoms with van der Waals surface area (Å²) in [6.45, 7) is 4.86. The van der Waals surface area contributed by atoms with E-state index in [1.54, 1.807) is 0 Å². The summed E-state index contributed by atoms with van der Waals surface area (Å²) in [5.41, 5.74) is 7.73. The van der Waals surface area contributed by atoms with Gasteiger partial charge in [-0.05, 0) is 55.0 Å². The highest BCUT2D eigenvalue weighted by molar-refractivity contribution is 7.84. The molecule has 0 amide bonds. The largest absolute Gasteiger partial charge is 0.330 e. The van der Waals surface area contributed by atoms with Crippen LogP contribution in [-0.4, -0.2) is 16.8 Å². The van der Waals surface area contributed by atoms with Gasteiger partial charge in [-0.1, -0.05) is 19.9 Å². The van der Waals surface area contributed by atoms with Gasteiger partial charge in [0.05, 0.1) is 10.8 Å². The van der Waals surface area contributed by atoms with E-state index in [0.29, 0.717) is 17.4 Å². The van der Waals surface area contributed by atoms with E-state index in [0.717, 1.165) is 30.4 Å². The van der Waals surface area contributed by atoms with Gasteiger partial charge in [-0.3, -0.25) is 4.21 Å². The van der Waals surface area contributed by atoms with E-state index in [4.69, 9.17) is 5.73 Å². The summed E-state index contributed by atoms with van der Waals surface area (Å²) >= 11 is 0. The molecule has 1 unspecified atom stereocenters. The number of unbranched alkanes of at least 4 members (excludes halogenated alkanes) is 1. The average Bonchev–Trinajstić information content (AvgIpc) is 2.37. The molecule has 102 valence electrons. The van der Waals surface area contributed by atoms with Gasteiger partial charge < -0.3 is 5.73 Å². The van der Waals surface area contributed by atoms with Gasteiger partial charge in [-0.15, -0.1) is 0 Å². The van der Waals surface area contributed by atoms with Crippen molar-refractivity contribution in [2.45, 2.75) is 43.9 Å². The molecule has 0 radical (unpaired) electrons. The van der Waals surface area contributed by atoms with E-state index in [1.165, 1.54) is 0 Å². The lowest BCUT2D eigenvalue weighted by Gasteiger charge is -2.11. The zero-order valence-electron chi connectivity index (χ0n) is 11.1. The Kier molecular flexibility index (Phi) is 6.50. The SMILES string of the molecule is CC(C)c1cc(CCCCN)cc(S(=O)CF)c1. The van der Waals surface area contributed by atoms with Gasteiger partial charge in [0, 0.05) is 4.90 Å². The molecule has 0 fully saturated rings. The third-order valence-corrected chi connectivity index (χ3v) is 3.90. The highest BCUT2D eigenvalue weighted by Gasteiger charge is 2.09. The van der Waals surface area contributed by atoms with Gasteiger partial charge >= 0.3 is 0 Å². The van der Waals surface area contributed by atoms with E-state index < -0.39 is 16.8 Å². The van der Waals surface area contributed by atoms with Gasteiger partial charge in [0.15, 0.2) is 6.01 Å². The van der Waals surface area contributed by atoms with Crippen LogP contribution in [0.3, 0.4) is 0 Å². The molecule has 2 N–H and O–H groups in total. The van der Waals surface area contributed by atoms with Crippen LogP contribution in [0.2, 0.25) is 0 Å². The second-order valence-electron chi connectivity index (χ2n) is 4.77. The fraction of sp³-hybridized carbons (Fsp3) is 0.571. The number of rotatable bonds is 7.